The van der Waals surface area contributed by atoms with Crippen molar-refractivity contribution >= 4 is 17.3 Å². The molecule has 1 aromatic carbocycles. The van der Waals surface area contributed by atoms with Gasteiger partial charge < -0.3 is 10.5 Å². The molecule has 0 saturated carbocycles. The minimum absolute atomic E-state index is 0.0477. The Balaban J connectivity index is 2.34. The van der Waals surface area contributed by atoms with Gasteiger partial charge in [0.25, 0.3) is 0 Å². The molecule has 17 heavy (non-hydrogen) atoms. The Labute approximate surface area is 103 Å². The topological polar surface area (TPSA) is 53.1 Å². The van der Waals surface area contributed by atoms with Crippen LogP contribution in [0.3, 0.4) is 0 Å². The van der Waals surface area contributed by atoms with Gasteiger partial charge in [-0.25, -0.2) is 9.07 Å². The Morgan fingerprint density at radius 2 is 2.18 bits per heavy atom. The summed E-state index contributed by atoms with van der Waals surface area (Å²) in [6, 6.07) is 4.18. The van der Waals surface area contributed by atoms with E-state index in [0.717, 1.165) is 0 Å². The van der Waals surface area contributed by atoms with Crippen molar-refractivity contribution in [2.24, 2.45) is 7.05 Å². The minimum Gasteiger partial charge on any atom is -0.437 e. The highest BCUT2D eigenvalue weighted by atomic mass is 35.5. The molecule has 0 atom stereocenters. The van der Waals surface area contributed by atoms with Crippen molar-refractivity contribution < 1.29 is 9.13 Å². The lowest BCUT2D eigenvalue weighted by Crippen LogP contribution is -1.97. The summed E-state index contributed by atoms with van der Waals surface area (Å²) in [5.74, 6) is 0.160. The van der Waals surface area contributed by atoms with Crippen LogP contribution < -0.4 is 10.5 Å². The third-order valence-corrected chi connectivity index (χ3v) is 2.63. The first-order valence-electron chi connectivity index (χ1n) is 4.91. The molecule has 6 heteroatoms. The summed E-state index contributed by atoms with van der Waals surface area (Å²) in [5.41, 5.74) is 6.89. The fourth-order valence-electron chi connectivity index (χ4n) is 1.43. The summed E-state index contributed by atoms with van der Waals surface area (Å²) in [6.07, 6.45) is 0. The Hall–Kier alpha value is -1.75. The van der Waals surface area contributed by atoms with Crippen molar-refractivity contribution in [1.29, 1.82) is 0 Å². The smallest absolute Gasteiger partial charge is 0.241 e. The maximum atomic E-state index is 13.2. The van der Waals surface area contributed by atoms with Gasteiger partial charge in [0.15, 0.2) is 0 Å². The highest BCUT2D eigenvalue weighted by molar-refractivity contribution is 6.30. The summed E-state index contributed by atoms with van der Waals surface area (Å²) in [6.45, 7) is 1.77. The van der Waals surface area contributed by atoms with Gasteiger partial charge in [-0.2, -0.15) is 5.10 Å². The van der Waals surface area contributed by atoms with Crippen LogP contribution in [0.4, 0.5) is 10.1 Å². The van der Waals surface area contributed by atoms with E-state index < -0.39 is 5.82 Å². The molecule has 0 fully saturated rings. The van der Waals surface area contributed by atoms with E-state index in [2.05, 4.69) is 5.10 Å². The molecule has 0 radical (unpaired) electrons. The highest BCUT2D eigenvalue weighted by Crippen LogP contribution is 2.30. The summed E-state index contributed by atoms with van der Waals surface area (Å²) in [7, 11) is 1.70. The number of benzene rings is 1. The number of aromatic nitrogens is 2. The number of hydrogen-bond acceptors (Lipinski definition) is 3. The number of hydrogen-bond donors (Lipinski definition) is 1. The van der Waals surface area contributed by atoms with Crippen LogP contribution in [0.2, 0.25) is 5.02 Å². The Morgan fingerprint density at radius 1 is 1.47 bits per heavy atom. The third-order valence-electron chi connectivity index (χ3n) is 2.32. The van der Waals surface area contributed by atoms with Gasteiger partial charge in [-0.15, -0.1) is 0 Å². The number of rotatable bonds is 2. The van der Waals surface area contributed by atoms with Crippen LogP contribution in [0.5, 0.6) is 11.6 Å². The van der Waals surface area contributed by atoms with E-state index in [4.69, 9.17) is 22.1 Å². The number of nitrogens with zero attached hydrogens (tertiary/aromatic N) is 2. The van der Waals surface area contributed by atoms with Crippen LogP contribution in [0.1, 0.15) is 5.69 Å². The first-order valence-corrected chi connectivity index (χ1v) is 5.29. The predicted octanol–water partition coefficient (Wildman–Crippen LogP) is 2.90. The van der Waals surface area contributed by atoms with E-state index in [1.54, 1.807) is 20.0 Å². The highest BCUT2D eigenvalue weighted by Gasteiger charge is 2.13. The van der Waals surface area contributed by atoms with Gasteiger partial charge in [-0.3, -0.25) is 0 Å². The number of aryl methyl sites for hydroxylation is 2. The number of nitrogen functional groups attached to an aromatic ring is 1. The molecule has 0 aliphatic heterocycles. The normalized spacial score (nSPS) is 10.6. The molecule has 4 nitrogen and oxygen atoms in total. The quantitative estimate of drug-likeness (QED) is 0.898. The van der Waals surface area contributed by atoms with Crippen LogP contribution in [0.25, 0.3) is 0 Å². The van der Waals surface area contributed by atoms with E-state index >= 15 is 0 Å². The molecule has 0 bridgehead atoms. The second-order valence-electron chi connectivity index (χ2n) is 3.61. The number of ether oxygens (including phenoxy) is 1. The van der Waals surface area contributed by atoms with E-state index in [1.165, 1.54) is 16.8 Å². The molecule has 0 aliphatic carbocycles. The van der Waals surface area contributed by atoms with Gasteiger partial charge in [-0.05, 0) is 19.1 Å². The number of nitrogens with two attached hydrogens (primary N) is 1. The van der Waals surface area contributed by atoms with Crippen LogP contribution in [0.15, 0.2) is 18.2 Å². The molecule has 90 valence electrons. The maximum Gasteiger partial charge on any atom is 0.241 e. The van der Waals surface area contributed by atoms with Gasteiger partial charge in [0.2, 0.25) is 5.88 Å². The molecular weight excluding hydrogens is 245 g/mol. The molecule has 1 aromatic heterocycles. The van der Waals surface area contributed by atoms with Crippen LogP contribution in [-0.4, -0.2) is 9.78 Å². The first kappa shape index (κ1) is 11.7. The second kappa shape index (κ2) is 4.25. The standard InChI is InChI=1S/C11H11ClFN3O/c1-6-10(14)11(16(2)15-6)17-7-3-4-8(12)9(13)5-7/h3-5H,14H2,1-2H3. The largest absolute Gasteiger partial charge is 0.437 e. The van der Waals surface area contributed by atoms with E-state index in [0.29, 0.717) is 23.0 Å². The number of halogens is 2. The average molecular weight is 256 g/mol. The van der Waals surface area contributed by atoms with Crippen molar-refractivity contribution in [1.82, 2.24) is 9.78 Å². The van der Waals surface area contributed by atoms with E-state index in [-0.39, 0.29) is 5.02 Å². The lowest BCUT2D eigenvalue weighted by atomic mass is 10.3. The van der Waals surface area contributed by atoms with Crippen molar-refractivity contribution in [3.8, 4) is 11.6 Å². The molecule has 2 aromatic rings. The molecular formula is C11H11ClFN3O. The summed E-state index contributed by atoms with van der Waals surface area (Å²) >= 11 is 5.58. The molecule has 1 heterocycles. The van der Waals surface area contributed by atoms with Crippen molar-refractivity contribution in [2.75, 3.05) is 5.73 Å². The van der Waals surface area contributed by atoms with Crippen LogP contribution in [0, 0.1) is 12.7 Å². The lowest BCUT2D eigenvalue weighted by molar-refractivity contribution is 0.429. The molecule has 2 N–H and O–H groups in total. The SMILES string of the molecule is Cc1nn(C)c(Oc2ccc(Cl)c(F)c2)c1N. The van der Waals surface area contributed by atoms with Gasteiger partial charge in [0, 0.05) is 13.1 Å². The zero-order valence-corrected chi connectivity index (χ0v) is 10.1. The van der Waals surface area contributed by atoms with Crippen LogP contribution >= 0.6 is 11.6 Å². The fraction of sp³-hybridized carbons (Fsp3) is 0.182. The molecule has 0 aliphatic rings. The zero-order chi connectivity index (χ0) is 12.6. The summed E-state index contributed by atoms with van der Waals surface area (Å²) < 4.78 is 20.2. The van der Waals surface area contributed by atoms with Gasteiger partial charge in [-0.1, -0.05) is 11.6 Å². The Morgan fingerprint density at radius 3 is 2.71 bits per heavy atom. The third kappa shape index (κ3) is 2.19. The first-order chi connectivity index (χ1) is 7.99. The van der Waals surface area contributed by atoms with E-state index in [9.17, 15) is 4.39 Å². The molecule has 0 unspecified atom stereocenters. The molecule has 2 rings (SSSR count). The van der Waals surface area contributed by atoms with Crippen molar-refractivity contribution in [3.05, 3.63) is 34.7 Å². The second-order valence-corrected chi connectivity index (χ2v) is 4.01. The molecule has 0 saturated heterocycles. The lowest BCUT2D eigenvalue weighted by Gasteiger charge is -2.07. The van der Waals surface area contributed by atoms with E-state index in [1.807, 2.05) is 0 Å². The predicted molar refractivity (Wildman–Crippen MR) is 63.8 cm³/mol. The zero-order valence-electron chi connectivity index (χ0n) is 9.37. The van der Waals surface area contributed by atoms with Crippen molar-refractivity contribution in [3.63, 3.8) is 0 Å². The Kier molecular flexibility index (Phi) is 2.93. The summed E-state index contributed by atoms with van der Waals surface area (Å²) in [5, 5.41) is 4.14. The van der Waals surface area contributed by atoms with Crippen molar-refractivity contribution in [2.45, 2.75) is 6.92 Å². The minimum atomic E-state index is -0.540. The van der Waals surface area contributed by atoms with Gasteiger partial charge in [0.05, 0.1) is 10.7 Å². The summed E-state index contributed by atoms with van der Waals surface area (Å²) in [4.78, 5) is 0. The molecule has 0 spiro atoms. The van der Waals surface area contributed by atoms with Gasteiger partial charge in [0.1, 0.15) is 17.3 Å². The monoisotopic (exact) mass is 255 g/mol. The maximum absolute atomic E-state index is 13.2. The number of anilines is 1. The van der Waals surface area contributed by atoms with Gasteiger partial charge >= 0.3 is 0 Å². The average Bonchev–Trinajstić information content (AvgIpc) is 2.50. The fourth-order valence-corrected chi connectivity index (χ4v) is 1.54. The Bertz CT molecular complexity index is 568. The van der Waals surface area contributed by atoms with Crippen LogP contribution in [-0.2, 0) is 7.05 Å². The molecule has 0 amide bonds.